The van der Waals surface area contributed by atoms with Gasteiger partial charge in [-0.25, -0.2) is 0 Å². The molecule has 0 aliphatic carbocycles. The fourth-order valence-corrected chi connectivity index (χ4v) is 2.37. The van der Waals surface area contributed by atoms with Crippen LogP contribution in [0.3, 0.4) is 0 Å². The molecule has 1 N–H and O–H groups in total. The number of nitrogens with one attached hydrogen (secondary N) is 1. The second-order valence-electron chi connectivity index (χ2n) is 6.00. The van der Waals surface area contributed by atoms with Crippen LogP contribution in [0.5, 0.6) is 0 Å². The van der Waals surface area contributed by atoms with Crippen LogP contribution in [0.15, 0.2) is 18.3 Å². The smallest absolute Gasteiger partial charge is 0.272 e. The summed E-state index contributed by atoms with van der Waals surface area (Å²) >= 11 is 0. The average molecular weight is 261 g/mol. The van der Waals surface area contributed by atoms with E-state index in [4.69, 9.17) is 0 Å². The van der Waals surface area contributed by atoms with Crippen molar-refractivity contribution in [3.8, 4) is 0 Å². The SMILES string of the molecule is CCCNc1ccnc(C(=O)N2CCC(C)(C)C2)c1. The summed E-state index contributed by atoms with van der Waals surface area (Å²) in [4.78, 5) is 18.5. The molecule has 4 heteroatoms. The molecule has 0 atom stereocenters. The van der Waals surface area contributed by atoms with Crippen molar-refractivity contribution in [1.82, 2.24) is 9.88 Å². The minimum Gasteiger partial charge on any atom is -0.385 e. The summed E-state index contributed by atoms with van der Waals surface area (Å²) in [5.41, 5.74) is 1.74. The van der Waals surface area contributed by atoms with Crippen LogP contribution in [-0.4, -0.2) is 35.4 Å². The lowest BCUT2D eigenvalue weighted by Gasteiger charge is -2.19. The number of nitrogens with zero attached hydrogens (tertiary/aromatic N) is 2. The predicted molar refractivity (Wildman–Crippen MR) is 77.3 cm³/mol. The van der Waals surface area contributed by atoms with Gasteiger partial charge in [-0.15, -0.1) is 0 Å². The molecule has 104 valence electrons. The van der Waals surface area contributed by atoms with E-state index in [0.717, 1.165) is 38.2 Å². The van der Waals surface area contributed by atoms with Gasteiger partial charge in [0, 0.05) is 31.5 Å². The summed E-state index contributed by atoms with van der Waals surface area (Å²) < 4.78 is 0. The van der Waals surface area contributed by atoms with E-state index in [1.165, 1.54) is 0 Å². The molecule has 19 heavy (non-hydrogen) atoms. The molecule has 0 aromatic carbocycles. The highest BCUT2D eigenvalue weighted by Crippen LogP contribution is 2.29. The van der Waals surface area contributed by atoms with Crippen LogP contribution in [0.4, 0.5) is 5.69 Å². The van der Waals surface area contributed by atoms with Crippen LogP contribution in [0, 0.1) is 5.41 Å². The number of likely N-dealkylation sites (tertiary alicyclic amines) is 1. The maximum atomic E-state index is 12.4. The van der Waals surface area contributed by atoms with Crippen molar-refractivity contribution in [3.05, 3.63) is 24.0 Å². The fraction of sp³-hybridized carbons (Fsp3) is 0.600. The van der Waals surface area contributed by atoms with Gasteiger partial charge in [-0.1, -0.05) is 20.8 Å². The van der Waals surface area contributed by atoms with E-state index in [-0.39, 0.29) is 11.3 Å². The summed E-state index contributed by atoms with van der Waals surface area (Å²) in [6, 6.07) is 3.75. The number of carbonyl (C=O) groups is 1. The first-order valence-electron chi connectivity index (χ1n) is 7.01. The third-order valence-corrected chi connectivity index (χ3v) is 3.52. The molecule has 0 saturated carbocycles. The van der Waals surface area contributed by atoms with Crippen LogP contribution >= 0.6 is 0 Å². The number of pyridine rings is 1. The molecule has 1 aliphatic heterocycles. The topological polar surface area (TPSA) is 45.2 Å². The maximum Gasteiger partial charge on any atom is 0.272 e. The second-order valence-corrected chi connectivity index (χ2v) is 6.00. The Morgan fingerprint density at radius 3 is 2.95 bits per heavy atom. The Labute approximate surface area is 115 Å². The summed E-state index contributed by atoms with van der Waals surface area (Å²) in [6.45, 7) is 9.08. The number of hydrogen-bond acceptors (Lipinski definition) is 3. The van der Waals surface area contributed by atoms with Crippen molar-refractivity contribution < 1.29 is 4.79 Å². The second kappa shape index (κ2) is 5.59. The van der Waals surface area contributed by atoms with Crippen LogP contribution in [0.25, 0.3) is 0 Å². The van der Waals surface area contributed by atoms with Crippen molar-refractivity contribution in [2.75, 3.05) is 25.0 Å². The Hall–Kier alpha value is -1.58. The molecule has 2 heterocycles. The summed E-state index contributed by atoms with van der Waals surface area (Å²) in [5, 5.41) is 3.29. The molecular formula is C15H23N3O. The van der Waals surface area contributed by atoms with Crippen LogP contribution in [0.1, 0.15) is 44.1 Å². The summed E-state index contributed by atoms with van der Waals surface area (Å²) in [6.07, 6.45) is 3.82. The molecule has 0 unspecified atom stereocenters. The molecule has 1 aliphatic rings. The molecule has 1 fully saturated rings. The lowest BCUT2D eigenvalue weighted by atomic mass is 9.93. The molecule has 1 aromatic rings. The third-order valence-electron chi connectivity index (χ3n) is 3.52. The van der Waals surface area contributed by atoms with E-state index in [9.17, 15) is 4.79 Å². The summed E-state index contributed by atoms with van der Waals surface area (Å²) in [7, 11) is 0. The monoisotopic (exact) mass is 261 g/mol. The molecule has 0 spiro atoms. The van der Waals surface area contributed by atoms with Crippen molar-refractivity contribution in [1.29, 1.82) is 0 Å². The van der Waals surface area contributed by atoms with Gasteiger partial charge >= 0.3 is 0 Å². The molecule has 1 aromatic heterocycles. The van der Waals surface area contributed by atoms with E-state index < -0.39 is 0 Å². The Kier molecular flexibility index (Phi) is 4.08. The maximum absolute atomic E-state index is 12.4. The molecular weight excluding hydrogens is 238 g/mol. The first-order chi connectivity index (χ1) is 9.02. The first-order valence-corrected chi connectivity index (χ1v) is 7.01. The highest BCUT2D eigenvalue weighted by Gasteiger charge is 2.32. The van der Waals surface area contributed by atoms with E-state index >= 15 is 0 Å². The van der Waals surface area contributed by atoms with Gasteiger partial charge < -0.3 is 10.2 Å². The lowest BCUT2D eigenvalue weighted by molar-refractivity contribution is 0.0772. The van der Waals surface area contributed by atoms with Crippen LogP contribution in [0.2, 0.25) is 0 Å². The van der Waals surface area contributed by atoms with Crippen LogP contribution in [-0.2, 0) is 0 Å². The Balaban J connectivity index is 2.07. The zero-order valence-electron chi connectivity index (χ0n) is 12.1. The van der Waals surface area contributed by atoms with E-state index in [0.29, 0.717) is 5.69 Å². The molecule has 0 radical (unpaired) electrons. The van der Waals surface area contributed by atoms with E-state index in [1.54, 1.807) is 6.20 Å². The summed E-state index contributed by atoms with van der Waals surface area (Å²) in [5.74, 6) is 0.0470. The largest absolute Gasteiger partial charge is 0.385 e. The van der Waals surface area contributed by atoms with Gasteiger partial charge in [-0.05, 0) is 30.4 Å². The molecule has 1 amide bonds. The third kappa shape index (κ3) is 3.46. The Morgan fingerprint density at radius 1 is 1.53 bits per heavy atom. The highest BCUT2D eigenvalue weighted by molar-refractivity contribution is 5.93. The van der Waals surface area contributed by atoms with Gasteiger partial charge in [0.2, 0.25) is 0 Å². The van der Waals surface area contributed by atoms with E-state index in [1.807, 2.05) is 17.0 Å². The number of hydrogen-bond donors (Lipinski definition) is 1. The van der Waals surface area contributed by atoms with Gasteiger partial charge in [0.25, 0.3) is 5.91 Å². The first kappa shape index (κ1) is 13.8. The van der Waals surface area contributed by atoms with Gasteiger partial charge in [0.1, 0.15) is 5.69 Å². The molecule has 1 saturated heterocycles. The van der Waals surface area contributed by atoms with Crippen molar-refractivity contribution in [2.45, 2.75) is 33.6 Å². The Bertz CT molecular complexity index is 456. The zero-order valence-corrected chi connectivity index (χ0v) is 12.1. The quantitative estimate of drug-likeness (QED) is 0.906. The van der Waals surface area contributed by atoms with Gasteiger partial charge in [-0.2, -0.15) is 0 Å². The van der Waals surface area contributed by atoms with Crippen LogP contribution < -0.4 is 5.32 Å². The number of amides is 1. The minimum absolute atomic E-state index is 0.0470. The Morgan fingerprint density at radius 2 is 2.32 bits per heavy atom. The lowest BCUT2D eigenvalue weighted by Crippen LogP contribution is -2.30. The highest BCUT2D eigenvalue weighted by atomic mass is 16.2. The van der Waals surface area contributed by atoms with Crippen molar-refractivity contribution >= 4 is 11.6 Å². The van der Waals surface area contributed by atoms with Crippen molar-refractivity contribution in [2.24, 2.45) is 5.41 Å². The van der Waals surface area contributed by atoms with Crippen molar-refractivity contribution in [3.63, 3.8) is 0 Å². The predicted octanol–water partition coefficient (Wildman–Crippen LogP) is 2.78. The van der Waals surface area contributed by atoms with Gasteiger partial charge in [0.15, 0.2) is 0 Å². The van der Waals surface area contributed by atoms with E-state index in [2.05, 4.69) is 31.1 Å². The number of aromatic nitrogens is 1. The van der Waals surface area contributed by atoms with Gasteiger partial charge in [-0.3, -0.25) is 9.78 Å². The van der Waals surface area contributed by atoms with Gasteiger partial charge in [0.05, 0.1) is 0 Å². The molecule has 4 nitrogen and oxygen atoms in total. The number of rotatable bonds is 4. The molecule has 2 rings (SSSR count). The fourth-order valence-electron chi connectivity index (χ4n) is 2.37. The number of anilines is 1. The normalized spacial score (nSPS) is 17.5. The standard InChI is InChI=1S/C15H23N3O/c1-4-7-16-12-5-8-17-13(10-12)14(19)18-9-6-15(2,3)11-18/h5,8,10H,4,6-7,9,11H2,1-3H3,(H,16,17). The number of carbonyl (C=O) groups excluding carboxylic acids is 1. The average Bonchev–Trinajstić information content (AvgIpc) is 2.76. The molecule has 0 bridgehead atoms. The minimum atomic E-state index is 0.0470. The zero-order chi connectivity index (χ0) is 13.9.